The Morgan fingerprint density at radius 3 is 2.80 bits per heavy atom. The maximum atomic E-state index is 11.6. The molecule has 0 atom stereocenters. The number of hydrogen-bond donors (Lipinski definition) is 1. The summed E-state index contributed by atoms with van der Waals surface area (Å²) >= 11 is 3.41. The van der Waals surface area contributed by atoms with Gasteiger partial charge < -0.3 is 5.32 Å². The molecule has 3 heteroatoms. The molecule has 76 valence electrons. The fraction of sp³-hybridized carbons (Fsp3) is 0.0833. The Bertz CT molecular complexity index is 522. The SMILES string of the molecule is CNC(=O)c1cccc2ccc(Br)cc12. The highest BCUT2D eigenvalue weighted by Gasteiger charge is 2.07. The van der Waals surface area contributed by atoms with E-state index in [2.05, 4.69) is 21.2 Å². The van der Waals surface area contributed by atoms with Crippen molar-refractivity contribution in [1.29, 1.82) is 0 Å². The predicted octanol–water partition coefficient (Wildman–Crippen LogP) is 2.96. The van der Waals surface area contributed by atoms with Gasteiger partial charge in [-0.15, -0.1) is 0 Å². The van der Waals surface area contributed by atoms with Gasteiger partial charge in [0.25, 0.3) is 5.91 Å². The summed E-state index contributed by atoms with van der Waals surface area (Å²) < 4.78 is 0.978. The van der Waals surface area contributed by atoms with Gasteiger partial charge in [-0.05, 0) is 29.0 Å². The summed E-state index contributed by atoms with van der Waals surface area (Å²) in [5.74, 6) is -0.0568. The summed E-state index contributed by atoms with van der Waals surface area (Å²) in [5.41, 5.74) is 0.705. The van der Waals surface area contributed by atoms with Crippen LogP contribution in [0.1, 0.15) is 10.4 Å². The van der Waals surface area contributed by atoms with Crippen LogP contribution in [-0.4, -0.2) is 13.0 Å². The Kier molecular flexibility index (Phi) is 2.73. The highest BCUT2D eigenvalue weighted by molar-refractivity contribution is 9.10. The number of fused-ring (bicyclic) bond motifs is 1. The Labute approximate surface area is 96.4 Å². The first-order valence-electron chi connectivity index (χ1n) is 4.63. The topological polar surface area (TPSA) is 29.1 Å². The Morgan fingerprint density at radius 2 is 2.07 bits per heavy atom. The van der Waals surface area contributed by atoms with Gasteiger partial charge in [-0.3, -0.25) is 4.79 Å². The number of benzene rings is 2. The number of nitrogens with one attached hydrogen (secondary N) is 1. The van der Waals surface area contributed by atoms with Crippen LogP contribution in [0.2, 0.25) is 0 Å². The summed E-state index contributed by atoms with van der Waals surface area (Å²) in [6.07, 6.45) is 0. The molecule has 0 fully saturated rings. The molecular weight excluding hydrogens is 254 g/mol. The van der Waals surface area contributed by atoms with Crippen molar-refractivity contribution in [2.45, 2.75) is 0 Å². The zero-order valence-electron chi connectivity index (χ0n) is 8.25. The lowest BCUT2D eigenvalue weighted by Crippen LogP contribution is -2.17. The third kappa shape index (κ3) is 1.88. The molecule has 2 nitrogen and oxygen atoms in total. The Balaban J connectivity index is 2.74. The molecule has 2 aromatic rings. The number of amides is 1. The van der Waals surface area contributed by atoms with Gasteiger partial charge in [0.05, 0.1) is 0 Å². The third-order valence-electron chi connectivity index (χ3n) is 2.32. The van der Waals surface area contributed by atoms with Gasteiger partial charge in [0.2, 0.25) is 0 Å². The standard InChI is InChI=1S/C12H10BrNO/c1-14-12(15)10-4-2-3-8-5-6-9(13)7-11(8)10/h2-7H,1H3,(H,14,15). The molecule has 0 heterocycles. The smallest absolute Gasteiger partial charge is 0.251 e. The van der Waals surface area contributed by atoms with Crippen molar-refractivity contribution in [2.24, 2.45) is 0 Å². The summed E-state index contributed by atoms with van der Waals surface area (Å²) in [5, 5.41) is 4.67. The highest BCUT2D eigenvalue weighted by Crippen LogP contribution is 2.23. The largest absolute Gasteiger partial charge is 0.355 e. The van der Waals surface area contributed by atoms with E-state index >= 15 is 0 Å². The number of carbonyl (C=O) groups is 1. The van der Waals surface area contributed by atoms with Crippen molar-refractivity contribution in [2.75, 3.05) is 7.05 Å². The van der Waals surface area contributed by atoms with Crippen LogP contribution in [0.3, 0.4) is 0 Å². The van der Waals surface area contributed by atoms with Crippen molar-refractivity contribution in [3.05, 3.63) is 46.4 Å². The number of carbonyl (C=O) groups excluding carboxylic acids is 1. The molecular formula is C12H10BrNO. The lowest BCUT2D eigenvalue weighted by atomic mass is 10.0. The van der Waals surface area contributed by atoms with Crippen LogP contribution >= 0.6 is 15.9 Å². The van der Waals surface area contributed by atoms with Gasteiger partial charge >= 0.3 is 0 Å². The van der Waals surface area contributed by atoms with E-state index in [1.54, 1.807) is 7.05 Å². The molecule has 0 saturated carbocycles. The minimum absolute atomic E-state index is 0.0568. The quantitative estimate of drug-likeness (QED) is 0.842. The minimum atomic E-state index is -0.0568. The van der Waals surface area contributed by atoms with Crippen molar-refractivity contribution < 1.29 is 4.79 Å². The molecule has 0 aliphatic heterocycles. The molecule has 2 rings (SSSR count). The van der Waals surface area contributed by atoms with E-state index in [9.17, 15) is 4.79 Å². The number of halogens is 1. The normalized spacial score (nSPS) is 10.3. The van der Waals surface area contributed by atoms with Crippen LogP contribution in [0.4, 0.5) is 0 Å². The maximum absolute atomic E-state index is 11.6. The second-order valence-electron chi connectivity index (χ2n) is 3.25. The van der Waals surface area contributed by atoms with E-state index in [1.165, 1.54) is 0 Å². The molecule has 0 spiro atoms. The number of hydrogen-bond acceptors (Lipinski definition) is 1. The second kappa shape index (κ2) is 4.03. The van der Waals surface area contributed by atoms with E-state index in [-0.39, 0.29) is 5.91 Å². The zero-order valence-corrected chi connectivity index (χ0v) is 9.84. The second-order valence-corrected chi connectivity index (χ2v) is 4.17. The van der Waals surface area contributed by atoms with E-state index in [4.69, 9.17) is 0 Å². The van der Waals surface area contributed by atoms with E-state index in [0.717, 1.165) is 15.2 Å². The lowest BCUT2D eigenvalue weighted by molar-refractivity contribution is 0.0965. The molecule has 1 N–H and O–H groups in total. The van der Waals surface area contributed by atoms with Crippen LogP contribution in [0.15, 0.2) is 40.9 Å². The summed E-state index contributed by atoms with van der Waals surface area (Å²) in [7, 11) is 1.64. The first kappa shape index (κ1) is 10.2. The first-order chi connectivity index (χ1) is 7.22. The molecule has 0 bridgehead atoms. The van der Waals surface area contributed by atoms with Crippen LogP contribution in [0.25, 0.3) is 10.8 Å². The maximum Gasteiger partial charge on any atom is 0.251 e. The lowest BCUT2D eigenvalue weighted by Gasteiger charge is -2.05. The fourth-order valence-electron chi connectivity index (χ4n) is 1.58. The Hall–Kier alpha value is -1.35. The van der Waals surface area contributed by atoms with Gasteiger partial charge in [-0.1, -0.05) is 34.1 Å². The van der Waals surface area contributed by atoms with Crippen molar-refractivity contribution >= 4 is 32.6 Å². The molecule has 0 saturated heterocycles. The molecule has 1 amide bonds. The summed E-state index contributed by atoms with van der Waals surface area (Å²) in [6.45, 7) is 0. The average Bonchev–Trinajstić information content (AvgIpc) is 2.27. The van der Waals surface area contributed by atoms with Crippen molar-refractivity contribution in [3.8, 4) is 0 Å². The summed E-state index contributed by atoms with van der Waals surface area (Å²) in [6, 6.07) is 11.6. The van der Waals surface area contributed by atoms with Crippen LogP contribution in [0.5, 0.6) is 0 Å². The molecule has 0 aliphatic rings. The molecule has 2 aromatic carbocycles. The molecule has 15 heavy (non-hydrogen) atoms. The summed E-state index contributed by atoms with van der Waals surface area (Å²) in [4.78, 5) is 11.6. The number of rotatable bonds is 1. The average molecular weight is 264 g/mol. The first-order valence-corrected chi connectivity index (χ1v) is 5.42. The van der Waals surface area contributed by atoms with Crippen molar-refractivity contribution in [1.82, 2.24) is 5.32 Å². The third-order valence-corrected chi connectivity index (χ3v) is 2.81. The Morgan fingerprint density at radius 1 is 1.27 bits per heavy atom. The van der Waals surface area contributed by atoms with E-state index in [0.29, 0.717) is 5.56 Å². The monoisotopic (exact) mass is 263 g/mol. The van der Waals surface area contributed by atoms with Crippen molar-refractivity contribution in [3.63, 3.8) is 0 Å². The predicted molar refractivity (Wildman–Crippen MR) is 65.0 cm³/mol. The van der Waals surface area contributed by atoms with E-state index in [1.807, 2.05) is 36.4 Å². The fourth-order valence-corrected chi connectivity index (χ4v) is 1.94. The van der Waals surface area contributed by atoms with E-state index < -0.39 is 0 Å². The van der Waals surface area contributed by atoms with Crippen LogP contribution in [0, 0.1) is 0 Å². The van der Waals surface area contributed by atoms with Crippen LogP contribution < -0.4 is 5.32 Å². The highest BCUT2D eigenvalue weighted by atomic mass is 79.9. The van der Waals surface area contributed by atoms with Gasteiger partial charge in [0.1, 0.15) is 0 Å². The van der Waals surface area contributed by atoms with Crippen LogP contribution in [-0.2, 0) is 0 Å². The minimum Gasteiger partial charge on any atom is -0.355 e. The molecule has 0 unspecified atom stereocenters. The van der Waals surface area contributed by atoms with Gasteiger partial charge in [0, 0.05) is 17.1 Å². The molecule has 0 radical (unpaired) electrons. The molecule has 0 aromatic heterocycles. The van der Waals surface area contributed by atoms with Gasteiger partial charge in [-0.25, -0.2) is 0 Å². The van der Waals surface area contributed by atoms with Gasteiger partial charge in [-0.2, -0.15) is 0 Å². The van der Waals surface area contributed by atoms with Gasteiger partial charge in [0.15, 0.2) is 0 Å². The molecule has 0 aliphatic carbocycles. The zero-order chi connectivity index (χ0) is 10.8.